The Balaban J connectivity index is 1.88. The topological polar surface area (TPSA) is 51.7 Å². The highest BCUT2D eigenvalue weighted by Gasteiger charge is 2.32. The minimum absolute atomic E-state index is 0.116. The maximum Gasteiger partial charge on any atom is 0.266 e. The molecule has 0 radical (unpaired) electrons. The molecule has 0 atom stereocenters. The Morgan fingerprint density at radius 2 is 2.19 bits per heavy atom. The zero-order valence-corrected chi connectivity index (χ0v) is 18.0. The average Bonchev–Trinajstić information content (AvgIpc) is 2.92. The number of thioether (sulfide) groups is 1. The van der Waals surface area contributed by atoms with Gasteiger partial charge in [-0.25, -0.2) is 0 Å². The van der Waals surface area contributed by atoms with Gasteiger partial charge in [-0.3, -0.25) is 14.7 Å². The molecule has 140 valence electrons. The smallest absolute Gasteiger partial charge is 0.266 e. The van der Waals surface area contributed by atoms with Crippen LogP contribution < -0.4 is 9.47 Å². The van der Waals surface area contributed by atoms with Crippen molar-refractivity contribution in [3.63, 3.8) is 0 Å². The van der Waals surface area contributed by atoms with Gasteiger partial charge in [-0.2, -0.15) is 0 Å². The monoisotopic (exact) mass is 464 g/mol. The summed E-state index contributed by atoms with van der Waals surface area (Å²) in [5.74, 6) is 1.14. The van der Waals surface area contributed by atoms with E-state index in [-0.39, 0.29) is 5.91 Å². The van der Waals surface area contributed by atoms with Crippen LogP contribution in [0.4, 0.5) is 0 Å². The number of methoxy groups -OCH3 is 1. The third-order valence-electron chi connectivity index (χ3n) is 3.81. The minimum Gasteiger partial charge on any atom is -0.493 e. The number of carbonyl (C=O) groups is 1. The molecule has 0 saturated carbocycles. The second-order valence-corrected chi connectivity index (χ2v) is 8.12. The molecule has 1 amide bonds. The van der Waals surface area contributed by atoms with E-state index >= 15 is 0 Å². The number of carbonyl (C=O) groups excluding carboxylic acids is 1. The van der Waals surface area contributed by atoms with Gasteiger partial charge in [-0.15, -0.1) is 0 Å². The van der Waals surface area contributed by atoms with Crippen molar-refractivity contribution in [1.82, 2.24) is 9.88 Å². The molecule has 0 unspecified atom stereocenters. The van der Waals surface area contributed by atoms with E-state index in [1.165, 1.54) is 11.8 Å². The van der Waals surface area contributed by atoms with Crippen LogP contribution in [0.5, 0.6) is 11.5 Å². The molecule has 0 aliphatic carbocycles. The molecule has 3 rings (SSSR count). The molecule has 0 bridgehead atoms. The van der Waals surface area contributed by atoms with Crippen LogP contribution in [0.1, 0.15) is 18.1 Å². The minimum atomic E-state index is -0.116. The summed E-state index contributed by atoms with van der Waals surface area (Å²) >= 11 is 10.2. The second kappa shape index (κ2) is 8.86. The summed E-state index contributed by atoms with van der Waals surface area (Å²) < 4.78 is 12.3. The van der Waals surface area contributed by atoms with Crippen LogP contribution in [-0.4, -0.2) is 33.8 Å². The van der Waals surface area contributed by atoms with Crippen LogP contribution in [0, 0.1) is 0 Å². The van der Waals surface area contributed by atoms with E-state index < -0.39 is 0 Å². The first-order valence-corrected chi connectivity index (χ1v) is 10.2. The number of nitrogens with zero attached hydrogens (tertiary/aromatic N) is 2. The predicted molar refractivity (Wildman–Crippen MR) is 115 cm³/mol. The molecule has 0 spiro atoms. The molecular weight excluding hydrogens is 448 g/mol. The molecule has 0 N–H and O–H groups in total. The SMILES string of the molecule is CCOc1cc(C=C2SC(=S)N(Cc3cccnc3)C2=O)c(Br)cc1OC. The number of aromatic nitrogens is 1. The van der Waals surface area contributed by atoms with Gasteiger partial charge in [0.1, 0.15) is 4.32 Å². The lowest BCUT2D eigenvalue weighted by molar-refractivity contribution is -0.122. The number of hydrogen-bond donors (Lipinski definition) is 0. The van der Waals surface area contributed by atoms with Crippen LogP contribution in [0.3, 0.4) is 0 Å². The highest BCUT2D eigenvalue weighted by Crippen LogP contribution is 2.38. The molecule has 1 saturated heterocycles. The van der Waals surface area contributed by atoms with E-state index in [2.05, 4.69) is 20.9 Å². The number of ether oxygens (including phenoxy) is 2. The van der Waals surface area contributed by atoms with Crippen molar-refractivity contribution in [3.05, 3.63) is 57.2 Å². The Kier molecular flexibility index (Phi) is 6.51. The van der Waals surface area contributed by atoms with Gasteiger partial charge in [0.15, 0.2) is 11.5 Å². The van der Waals surface area contributed by atoms with Crippen LogP contribution >= 0.6 is 39.9 Å². The number of benzene rings is 1. The van der Waals surface area contributed by atoms with Crippen LogP contribution in [0.25, 0.3) is 6.08 Å². The fourth-order valence-corrected chi connectivity index (χ4v) is 4.22. The zero-order valence-electron chi connectivity index (χ0n) is 14.8. The van der Waals surface area contributed by atoms with E-state index in [4.69, 9.17) is 21.7 Å². The Hall–Kier alpha value is -1.90. The first kappa shape index (κ1) is 19.9. The quantitative estimate of drug-likeness (QED) is 0.457. The van der Waals surface area contributed by atoms with Gasteiger partial charge in [-0.1, -0.05) is 46.0 Å². The highest BCUT2D eigenvalue weighted by molar-refractivity contribution is 9.10. The van der Waals surface area contributed by atoms with Crippen LogP contribution in [-0.2, 0) is 11.3 Å². The molecule has 1 aliphatic heterocycles. The molecule has 5 nitrogen and oxygen atoms in total. The van der Waals surface area contributed by atoms with Gasteiger partial charge in [-0.05, 0) is 42.3 Å². The van der Waals surface area contributed by atoms with Gasteiger partial charge in [0, 0.05) is 16.9 Å². The van der Waals surface area contributed by atoms with Crippen molar-refractivity contribution < 1.29 is 14.3 Å². The summed E-state index contributed by atoms with van der Waals surface area (Å²) in [5, 5.41) is 0. The number of thiocarbonyl (C=S) groups is 1. The van der Waals surface area contributed by atoms with Gasteiger partial charge in [0.2, 0.25) is 0 Å². The van der Waals surface area contributed by atoms with Crippen molar-refractivity contribution in [3.8, 4) is 11.5 Å². The first-order valence-electron chi connectivity index (χ1n) is 8.18. The van der Waals surface area contributed by atoms with E-state index in [1.807, 2.05) is 37.3 Å². The summed E-state index contributed by atoms with van der Waals surface area (Å²) in [6.45, 7) is 2.83. The number of rotatable bonds is 6. The number of halogens is 1. The highest BCUT2D eigenvalue weighted by atomic mass is 79.9. The number of pyridine rings is 1. The maximum absolute atomic E-state index is 12.8. The van der Waals surface area contributed by atoms with Gasteiger partial charge in [0.05, 0.1) is 25.2 Å². The standard InChI is InChI=1S/C19H17BrN2O3S2/c1-3-25-16-7-13(14(20)9-15(16)24-2)8-17-18(23)22(19(26)27-17)11-12-5-4-6-21-10-12/h4-10H,3,11H2,1-2H3. The molecule has 27 heavy (non-hydrogen) atoms. The molecule has 1 aromatic carbocycles. The summed E-state index contributed by atoms with van der Waals surface area (Å²) in [4.78, 5) is 19.1. The third-order valence-corrected chi connectivity index (χ3v) is 5.87. The van der Waals surface area contributed by atoms with Crippen molar-refractivity contribution in [2.45, 2.75) is 13.5 Å². The van der Waals surface area contributed by atoms with Crippen molar-refractivity contribution in [2.24, 2.45) is 0 Å². The molecule has 1 aliphatic rings. The lowest BCUT2D eigenvalue weighted by Gasteiger charge is -2.14. The Morgan fingerprint density at radius 1 is 1.37 bits per heavy atom. The largest absolute Gasteiger partial charge is 0.493 e. The normalized spacial score (nSPS) is 15.5. The predicted octanol–water partition coefficient (Wildman–Crippen LogP) is 4.65. The summed E-state index contributed by atoms with van der Waals surface area (Å²) in [7, 11) is 1.59. The van der Waals surface area contributed by atoms with Gasteiger partial charge < -0.3 is 9.47 Å². The molecule has 2 heterocycles. The second-order valence-electron chi connectivity index (χ2n) is 5.59. The van der Waals surface area contributed by atoms with E-state index in [0.717, 1.165) is 15.6 Å². The third kappa shape index (κ3) is 4.51. The molecule has 1 aromatic heterocycles. The van der Waals surface area contributed by atoms with E-state index in [9.17, 15) is 4.79 Å². The summed E-state index contributed by atoms with van der Waals surface area (Å²) in [5.41, 5.74) is 1.75. The molecule has 1 fully saturated rings. The van der Waals surface area contributed by atoms with Crippen molar-refractivity contribution in [2.75, 3.05) is 13.7 Å². The van der Waals surface area contributed by atoms with Gasteiger partial charge in [0.25, 0.3) is 5.91 Å². The molecular formula is C19H17BrN2O3S2. The average molecular weight is 465 g/mol. The molecule has 8 heteroatoms. The summed E-state index contributed by atoms with van der Waals surface area (Å²) in [6, 6.07) is 7.43. The van der Waals surface area contributed by atoms with E-state index in [0.29, 0.717) is 33.9 Å². The Labute approximate surface area is 175 Å². The van der Waals surface area contributed by atoms with Crippen molar-refractivity contribution >= 4 is 56.2 Å². The number of amides is 1. The summed E-state index contributed by atoms with van der Waals surface area (Å²) in [6.07, 6.45) is 5.25. The Bertz CT molecular complexity index is 903. The fraction of sp³-hybridized carbons (Fsp3) is 0.211. The van der Waals surface area contributed by atoms with Gasteiger partial charge >= 0.3 is 0 Å². The first-order chi connectivity index (χ1) is 13.0. The van der Waals surface area contributed by atoms with Crippen molar-refractivity contribution in [1.29, 1.82) is 0 Å². The van der Waals surface area contributed by atoms with E-state index in [1.54, 1.807) is 24.4 Å². The number of hydrogen-bond acceptors (Lipinski definition) is 6. The van der Waals surface area contributed by atoms with Crippen LogP contribution in [0.2, 0.25) is 0 Å². The lowest BCUT2D eigenvalue weighted by Crippen LogP contribution is -2.27. The zero-order chi connectivity index (χ0) is 19.4. The van der Waals surface area contributed by atoms with Crippen LogP contribution in [0.15, 0.2) is 46.0 Å². The maximum atomic E-state index is 12.8. The fourth-order valence-electron chi connectivity index (χ4n) is 2.54. The Morgan fingerprint density at radius 3 is 2.85 bits per heavy atom. The lowest BCUT2D eigenvalue weighted by atomic mass is 10.1. The molecule has 2 aromatic rings.